The molecule has 0 unspecified atom stereocenters. The summed E-state index contributed by atoms with van der Waals surface area (Å²) < 4.78 is 2.84. The number of thiophene rings is 1. The van der Waals surface area contributed by atoms with Crippen molar-refractivity contribution in [3.63, 3.8) is 0 Å². The van der Waals surface area contributed by atoms with Gasteiger partial charge < -0.3 is 10.4 Å². The molecule has 0 aliphatic heterocycles. The van der Waals surface area contributed by atoms with E-state index in [9.17, 15) is 9.90 Å². The summed E-state index contributed by atoms with van der Waals surface area (Å²) in [6.45, 7) is 0. The lowest BCUT2D eigenvalue weighted by atomic mass is 10.0. The average Bonchev–Trinajstić information content (AvgIpc) is 3.42. The molecule has 1 fully saturated rings. The van der Waals surface area contributed by atoms with Crippen LogP contribution in [-0.2, 0) is 13.5 Å². The largest absolute Gasteiger partial charge is 0.391 e. The van der Waals surface area contributed by atoms with Crippen LogP contribution in [0.1, 0.15) is 53.7 Å². The number of aliphatic hydroxyl groups excluding tert-OH is 1. The molecule has 1 aliphatic carbocycles. The van der Waals surface area contributed by atoms with Crippen molar-refractivity contribution >= 4 is 27.5 Å². The van der Waals surface area contributed by atoms with Crippen LogP contribution in [0.4, 0.5) is 0 Å². The van der Waals surface area contributed by atoms with Crippen molar-refractivity contribution in [2.45, 2.75) is 50.7 Å². The van der Waals surface area contributed by atoms with Crippen molar-refractivity contribution in [2.24, 2.45) is 7.05 Å². The van der Waals surface area contributed by atoms with E-state index >= 15 is 0 Å². The molecule has 0 radical (unpaired) electrons. The van der Waals surface area contributed by atoms with Crippen LogP contribution in [-0.4, -0.2) is 42.9 Å². The molecule has 8 heteroatoms. The molecule has 5 rings (SSSR count). The molecule has 33 heavy (non-hydrogen) atoms. The number of carbonyl (C=O) groups excluding carboxylic acids is 1. The van der Waals surface area contributed by atoms with Crippen molar-refractivity contribution in [3.8, 4) is 11.3 Å². The van der Waals surface area contributed by atoms with Crippen LogP contribution in [0.2, 0.25) is 0 Å². The number of pyridine rings is 2. The monoisotopic (exact) mass is 461 g/mol. The number of aryl methyl sites for hydroxylation is 1. The maximum absolute atomic E-state index is 13.0. The third-order valence-corrected chi connectivity index (χ3v) is 7.22. The Labute approximate surface area is 196 Å². The Balaban J connectivity index is 1.38. The van der Waals surface area contributed by atoms with Gasteiger partial charge in [0.05, 0.1) is 34.3 Å². The van der Waals surface area contributed by atoms with Crippen LogP contribution < -0.4 is 5.32 Å². The second-order valence-corrected chi connectivity index (χ2v) is 9.63. The molecule has 4 aromatic heterocycles. The molecule has 0 bridgehead atoms. The van der Waals surface area contributed by atoms with E-state index in [2.05, 4.69) is 26.4 Å². The van der Waals surface area contributed by atoms with Gasteiger partial charge in [-0.1, -0.05) is 25.3 Å². The van der Waals surface area contributed by atoms with Gasteiger partial charge in [-0.2, -0.15) is 5.10 Å². The first-order valence-corrected chi connectivity index (χ1v) is 12.2. The van der Waals surface area contributed by atoms with Gasteiger partial charge in [-0.25, -0.2) is 4.98 Å². The first kappa shape index (κ1) is 21.7. The lowest BCUT2D eigenvalue weighted by molar-refractivity contribution is 0.0814. The highest BCUT2D eigenvalue weighted by Crippen LogP contribution is 2.27. The summed E-state index contributed by atoms with van der Waals surface area (Å²) in [4.78, 5) is 22.2. The smallest absolute Gasteiger partial charge is 0.270 e. The van der Waals surface area contributed by atoms with Crippen LogP contribution in [0.25, 0.3) is 21.5 Å². The topological polar surface area (TPSA) is 92.9 Å². The lowest BCUT2D eigenvalue weighted by Crippen LogP contribution is -2.43. The molecule has 1 aliphatic rings. The van der Waals surface area contributed by atoms with Gasteiger partial charge in [0.25, 0.3) is 5.91 Å². The quantitative estimate of drug-likeness (QED) is 0.437. The normalized spacial score (nSPS) is 18.8. The van der Waals surface area contributed by atoms with E-state index < -0.39 is 6.10 Å². The minimum atomic E-state index is -0.495. The predicted molar refractivity (Wildman–Crippen MR) is 129 cm³/mol. The molecule has 4 aromatic rings. The third kappa shape index (κ3) is 4.82. The second-order valence-electron chi connectivity index (χ2n) is 8.72. The van der Waals surface area contributed by atoms with Gasteiger partial charge in [0, 0.05) is 31.4 Å². The van der Waals surface area contributed by atoms with Gasteiger partial charge in [-0.05, 0) is 47.5 Å². The molecule has 1 amide bonds. The Kier molecular flexibility index (Phi) is 6.20. The van der Waals surface area contributed by atoms with E-state index in [0.717, 1.165) is 64.7 Å². The van der Waals surface area contributed by atoms with Gasteiger partial charge in [-0.3, -0.25) is 14.5 Å². The van der Waals surface area contributed by atoms with Crippen molar-refractivity contribution in [3.05, 3.63) is 65.1 Å². The number of amides is 1. The highest BCUT2D eigenvalue weighted by atomic mass is 32.1. The zero-order valence-corrected chi connectivity index (χ0v) is 19.4. The fourth-order valence-corrected chi connectivity index (χ4v) is 5.29. The zero-order chi connectivity index (χ0) is 22.8. The SMILES string of the molecule is Cn1cc(-c2ccc(Cc3cc(C(=O)N[C@H]4CCCCC[C@@H]4O)nc4ccsc34)cn2)cn1. The first-order valence-electron chi connectivity index (χ1n) is 11.4. The van der Waals surface area contributed by atoms with Crippen LogP contribution in [0, 0.1) is 0 Å². The van der Waals surface area contributed by atoms with E-state index in [1.54, 1.807) is 22.2 Å². The number of hydrogen-bond acceptors (Lipinski definition) is 6. The number of nitrogens with zero attached hydrogens (tertiary/aromatic N) is 4. The maximum Gasteiger partial charge on any atom is 0.270 e. The fraction of sp³-hybridized carbons (Fsp3) is 0.360. The molecule has 1 saturated carbocycles. The summed E-state index contributed by atoms with van der Waals surface area (Å²) in [5.41, 5.74) is 5.20. The Bertz CT molecular complexity index is 1260. The van der Waals surface area contributed by atoms with Crippen LogP contribution >= 0.6 is 11.3 Å². The number of carbonyl (C=O) groups is 1. The van der Waals surface area contributed by atoms with Crippen molar-refractivity contribution in [1.82, 2.24) is 25.1 Å². The summed E-state index contributed by atoms with van der Waals surface area (Å²) in [5, 5.41) is 19.6. The van der Waals surface area contributed by atoms with Gasteiger partial charge in [-0.15, -0.1) is 11.3 Å². The average molecular weight is 462 g/mol. The highest BCUT2D eigenvalue weighted by molar-refractivity contribution is 7.17. The summed E-state index contributed by atoms with van der Waals surface area (Å²) >= 11 is 1.63. The molecule has 7 nitrogen and oxygen atoms in total. The molecule has 2 N–H and O–H groups in total. The summed E-state index contributed by atoms with van der Waals surface area (Å²) in [6.07, 6.45) is 10.4. The molecule has 2 atom stereocenters. The summed E-state index contributed by atoms with van der Waals surface area (Å²) in [6, 6.07) is 7.68. The molecule has 0 spiro atoms. The lowest BCUT2D eigenvalue weighted by Gasteiger charge is -2.21. The van der Waals surface area contributed by atoms with E-state index in [0.29, 0.717) is 12.1 Å². The maximum atomic E-state index is 13.0. The molecule has 170 valence electrons. The molecular weight excluding hydrogens is 434 g/mol. The second kappa shape index (κ2) is 9.41. The van der Waals surface area contributed by atoms with Crippen LogP contribution in [0.15, 0.2) is 48.2 Å². The third-order valence-electron chi connectivity index (χ3n) is 6.24. The van der Waals surface area contributed by atoms with Gasteiger partial charge in [0.1, 0.15) is 5.69 Å². The van der Waals surface area contributed by atoms with Crippen LogP contribution in [0.5, 0.6) is 0 Å². The number of rotatable bonds is 5. The van der Waals surface area contributed by atoms with Gasteiger partial charge in [0.2, 0.25) is 0 Å². The Hall–Kier alpha value is -3.10. The number of fused-ring (bicyclic) bond motifs is 1. The Morgan fingerprint density at radius 1 is 1.21 bits per heavy atom. The minimum Gasteiger partial charge on any atom is -0.391 e. The van der Waals surface area contributed by atoms with Crippen molar-refractivity contribution in [2.75, 3.05) is 0 Å². The van der Waals surface area contributed by atoms with Crippen molar-refractivity contribution in [1.29, 1.82) is 0 Å². The number of nitrogens with one attached hydrogen (secondary N) is 1. The zero-order valence-electron chi connectivity index (χ0n) is 18.6. The van der Waals surface area contributed by atoms with Crippen molar-refractivity contribution < 1.29 is 9.90 Å². The van der Waals surface area contributed by atoms with E-state index in [4.69, 9.17) is 0 Å². The van der Waals surface area contributed by atoms with E-state index in [1.807, 2.05) is 43.0 Å². The summed E-state index contributed by atoms with van der Waals surface area (Å²) in [7, 11) is 1.89. The number of hydrogen-bond donors (Lipinski definition) is 2. The van der Waals surface area contributed by atoms with Crippen LogP contribution in [0.3, 0.4) is 0 Å². The minimum absolute atomic E-state index is 0.215. The molecular formula is C25H27N5O2S. The van der Waals surface area contributed by atoms with E-state index in [-0.39, 0.29) is 11.9 Å². The van der Waals surface area contributed by atoms with Gasteiger partial charge >= 0.3 is 0 Å². The molecule has 0 saturated heterocycles. The Morgan fingerprint density at radius 3 is 2.88 bits per heavy atom. The highest BCUT2D eigenvalue weighted by Gasteiger charge is 2.24. The first-order chi connectivity index (χ1) is 16.1. The number of aromatic nitrogens is 4. The standard InChI is InChI=1S/C25H27N5O2S/c1-30-15-18(14-27-30)19-8-7-16(13-26-19)11-17-12-22(28-21-9-10-33-24(17)21)25(32)29-20-5-3-2-4-6-23(20)31/h7-10,12-15,20,23,31H,2-6,11H2,1H3,(H,29,32)/t20-,23-/m0/s1. The Morgan fingerprint density at radius 2 is 2.09 bits per heavy atom. The summed E-state index contributed by atoms with van der Waals surface area (Å²) in [5.74, 6) is -0.222. The predicted octanol–water partition coefficient (Wildman–Crippen LogP) is 4.11. The fourth-order valence-electron chi connectivity index (χ4n) is 4.44. The van der Waals surface area contributed by atoms with E-state index in [1.165, 1.54) is 0 Å². The molecule has 4 heterocycles. The van der Waals surface area contributed by atoms with Gasteiger partial charge in [0.15, 0.2) is 0 Å². The number of aliphatic hydroxyl groups is 1. The molecule has 0 aromatic carbocycles.